The molecule has 0 aliphatic carbocycles. The number of phenolic OH excluding ortho intramolecular Hbond substituents is 1. The number of anilines is 1. The summed E-state index contributed by atoms with van der Waals surface area (Å²) in [5.74, 6) is -0.197. The molecule has 0 aliphatic rings. The van der Waals surface area contributed by atoms with Gasteiger partial charge in [-0.1, -0.05) is 18.7 Å². The minimum absolute atomic E-state index is 0.0843. The summed E-state index contributed by atoms with van der Waals surface area (Å²) in [6.45, 7) is 6.56. The number of amides is 1. The molecule has 0 spiro atoms. The number of hydrogen-bond acceptors (Lipinski definition) is 4. The second-order valence-electron chi connectivity index (χ2n) is 4.24. The third-order valence-electron chi connectivity index (χ3n) is 2.78. The minimum atomic E-state index is -0.444. The Labute approximate surface area is 130 Å². The number of halogens is 1. The number of aromatic amines is 1. The quantitative estimate of drug-likeness (QED) is 0.667. The molecule has 110 valence electrons. The van der Waals surface area contributed by atoms with Crippen molar-refractivity contribution in [2.75, 3.05) is 11.9 Å². The average molecular weight is 351 g/mol. The molecule has 4 N–H and O–H groups in total. The summed E-state index contributed by atoms with van der Waals surface area (Å²) in [6.07, 6.45) is 0. The fourth-order valence-electron chi connectivity index (χ4n) is 1.75. The molecule has 2 aromatic rings. The summed E-state index contributed by atoms with van der Waals surface area (Å²) in [7, 11) is 0. The molecule has 21 heavy (non-hydrogen) atoms. The van der Waals surface area contributed by atoms with E-state index in [0.29, 0.717) is 21.7 Å². The molecule has 1 heterocycles. The monoisotopic (exact) mass is 350 g/mol. The van der Waals surface area contributed by atoms with Crippen LogP contribution in [0.1, 0.15) is 23.0 Å². The Morgan fingerprint density at radius 1 is 1.48 bits per heavy atom. The van der Waals surface area contributed by atoms with Crippen molar-refractivity contribution in [3.05, 3.63) is 46.6 Å². The van der Waals surface area contributed by atoms with Gasteiger partial charge in [0.25, 0.3) is 5.91 Å². The molecule has 1 aromatic carbocycles. The van der Waals surface area contributed by atoms with E-state index in [1.807, 2.05) is 6.92 Å². The summed E-state index contributed by atoms with van der Waals surface area (Å²) in [6, 6.07) is 6.30. The average Bonchev–Trinajstić information content (AvgIpc) is 2.81. The number of benzene rings is 1. The van der Waals surface area contributed by atoms with E-state index in [1.54, 1.807) is 12.1 Å². The first-order valence-electron chi connectivity index (χ1n) is 6.31. The maximum atomic E-state index is 12.1. The van der Waals surface area contributed by atoms with Crippen LogP contribution in [0.5, 0.6) is 5.75 Å². The molecule has 1 aromatic heterocycles. The van der Waals surface area contributed by atoms with Gasteiger partial charge in [-0.2, -0.15) is 5.10 Å². The summed E-state index contributed by atoms with van der Waals surface area (Å²) in [5.41, 5.74) is 1.50. The van der Waals surface area contributed by atoms with Crippen molar-refractivity contribution in [1.82, 2.24) is 15.5 Å². The van der Waals surface area contributed by atoms with E-state index in [2.05, 4.69) is 43.3 Å². The van der Waals surface area contributed by atoms with Crippen LogP contribution in [0, 0.1) is 0 Å². The van der Waals surface area contributed by atoms with Gasteiger partial charge < -0.3 is 15.7 Å². The maximum Gasteiger partial charge on any atom is 0.260 e. The molecule has 0 saturated heterocycles. The fourth-order valence-corrected chi connectivity index (χ4v) is 2.27. The van der Waals surface area contributed by atoms with Gasteiger partial charge >= 0.3 is 0 Å². The Hall–Kier alpha value is -2.28. The standard InChI is InChI=1S/C14H15BrN4O2/c1-3-16-8(2)12-11(15)13(19-18-12)17-14(21)9-6-4-5-7-10(9)20/h4-7,16,20H,2-3H2,1H3,(H2,17,18,19,21). The molecular formula is C14H15BrN4O2. The zero-order valence-electron chi connectivity index (χ0n) is 11.4. The Kier molecular flexibility index (Phi) is 4.64. The second kappa shape index (κ2) is 6.45. The van der Waals surface area contributed by atoms with Gasteiger partial charge in [-0.25, -0.2) is 0 Å². The third-order valence-corrected chi connectivity index (χ3v) is 3.55. The number of nitrogens with one attached hydrogen (secondary N) is 3. The van der Waals surface area contributed by atoms with Crippen LogP contribution in [0.25, 0.3) is 5.70 Å². The van der Waals surface area contributed by atoms with Gasteiger partial charge in [0.1, 0.15) is 5.75 Å². The van der Waals surface area contributed by atoms with Crippen molar-refractivity contribution < 1.29 is 9.90 Å². The van der Waals surface area contributed by atoms with Crippen LogP contribution in [-0.4, -0.2) is 27.8 Å². The number of hydrogen-bond donors (Lipinski definition) is 4. The van der Waals surface area contributed by atoms with Crippen LogP contribution in [0.3, 0.4) is 0 Å². The molecule has 0 radical (unpaired) electrons. The largest absolute Gasteiger partial charge is 0.507 e. The number of nitrogens with zero attached hydrogens (tertiary/aromatic N) is 1. The minimum Gasteiger partial charge on any atom is -0.507 e. The Bertz CT molecular complexity index is 681. The number of aromatic hydroxyl groups is 1. The lowest BCUT2D eigenvalue weighted by atomic mass is 10.2. The highest BCUT2D eigenvalue weighted by Gasteiger charge is 2.17. The highest BCUT2D eigenvalue weighted by atomic mass is 79.9. The molecule has 0 saturated carbocycles. The lowest BCUT2D eigenvalue weighted by Crippen LogP contribution is -2.13. The molecule has 0 aliphatic heterocycles. The van der Waals surface area contributed by atoms with E-state index >= 15 is 0 Å². The molecular weight excluding hydrogens is 336 g/mol. The number of aromatic nitrogens is 2. The summed E-state index contributed by atoms with van der Waals surface area (Å²) < 4.78 is 0.595. The van der Waals surface area contributed by atoms with Crippen molar-refractivity contribution in [3.8, 4) is 5.75 Å². The number of rotatable bonds is 5. The van der Waals surface area contributed by atoms with Crippen LogP contribution in [-0.2, 0) is 0 Å². The molecule has 0 atom stereocenters. The number of carbonyl (C=O) groups excluding carboxylic acids is 1. The predicted octanol–water partition coefficient (Wildman–Crippen LogP) is 2.71. The molecule has 6 nitrogen and oxygen atoms in total. The van der Waals surface area contributed by atoms with E-state index in [4.69, 9.17) is 0 Å². The lowest BCUT2D eigenvalue weighted by molar-refractivity contribution is 0.102. The van der Waals surface area contributed by atoms with Crippen molar-refractivity contribution in [3.63, 3.8) is 0 Å². The van der Waals surface area contributed by atoms with Crippen LogP contribution in [0.2, 0.25) is 0 Å². The van der Waals surface area contributed by atoms with Gasteiger partial charge in [-0.3, -0.25) is 9.89 Å². The van der Waals surface area contributed by atoms with Gasteiger partial charge in [0, 0.05) is 6.54 Å². The second-order valence-corrected chi connectivity index (χ2v) is 5.03. The normalized spacial score (nSPS) is 10.2. The maximum absolute atomic E-state index is 12.1. The molecule has 0 bridgehead atoms. The summed E-state index contributed by atoms with van der Waals surface area (Å²) >= 11 is 3.37. The highest BCUT2D eigenvalue weighted by Crippen LogP contribution is 2.28. The van der Waals surface area contributed by atoms with Crippen LogP contribution >= 0.6 is 15.9 Å². The van der Waals surface area contributed by atoms with Crippen molar-refractivity contribution in [1.29, 1.82) is 0 Å². The van der Waals surface area contributed by atoms with Crippen molar-refractivity contribution in [2.45, 2.75) is 6.92 Å². The number of phenols is 1. The van der Waals surface area contributed by atoms with Gasteiger partial charge in [-0.05, 0) is 35.0 Å². The Morgan fingerprint density at radius 2 is 2.19 bits per heavy atom. The zero-order valence-corrected chi connectivity index (χ0v) is 13.0. The van der Waals surface area contributed by atoms with Crippen LogP contribution in [0.4, 0.5) is 5.82 Å². The Morgan fingerprint density at radius 3 is 2.86 bits per heavy atom. The number of para-hydroxylation sites is 1. The van der Waals surface area contributed by atoms with Gasteiger partial charge in [-0.15, -0.1) is 0 Å². The predicted molar refractivity (Wildman–Crippen MR) is 85.1 cm³/mol. The van der Waals surface area contributed by atoms with Gasteiger partial charge in [0.15, 0.2) is 5.82 Å². The van der Waals surface area contributed by atoms with Crippen LogP contribution in [0.15, 0.2) is 35.3 Å². The Balaban J connectivity index is 2.19. The number of H-pyrrole nitrogens is 1. The molecule has 7 heteroatoms. The SMILES string of the molecule is C=C(NCC)c1[nH]nc(NC(=O)c2ccccc2O)c1Br. The first-order valence-corrected chi connectivity index (χ1v) is 7.10. The van der Waals surface area contributed by atoms with Gasteiger partial charge in [0.05, 0.1) is 21.4 Å². The van der Waals surface area contributed by atoms with E-state index in [9.17, 15) is 9.90 Å². The zero-order chi connectivity index (χ0) is 15.4. The molecule has 2 rings (SSSR count). The number of carbonyl (C=O) groups is 1. The van der Waals surface area contributed by atoms with E-state index in [-0.39, 0.29) is 11.3 Å². The first kappa shape index (κ1) is 15.1. The smallest absolute Gasteiger partial charge is 0.260 e. The van der Waals surface area contributed by atoms with Crippen LogP contribution < -0.4 is 10.6 Å². The highest BCUT2D eigenvalue weighted by molar-refractivity contribution is 9.10. The molecule has 0 fully saturated rings. The van der Waals surface area contributed by atoms with E-state index < -0.39 is 5.91 Å². The van der Waals surface area contributed by atoms with Crippen molar-refractivity contribution >= 4 is 33.4 Å². The summed E-state index contributed by atoms with van der Waals surface area (Å²) in [5, 5.41) is 22.2. The molecule has 1 amide bonds. The van der Waals surface area contributed by atoms with Gasteiger partial charge in [0.2, 0.25) is 0 Å². The first-order chi connectivity index (χ1) is 10.0. The topological polar surface area (TPSA) is 90.0 Å². The molecule has 0 unspecified atom stereocenters. The van der Waals surface area contributed by atoms with Crippen molar-refractivity contribution in [2.24, 2.45) is 0 Å². The lowest BCUT2D eigenvalue weighted by Gasteiger charge is -2.06. The van der Waals surface area contributed by atoms with E-state index in [1.165, 1.54) is 12.1 Å². The summed E-state index contributed by atoms with van der Waals surface area (Å²) in [4.78, 5) is 12.1. The fraction of sp³-hybridized carbons (Fsp3) is 0.143. The third kappa shape index (κ3) is 3.25. The van der Waals surface area contributed by atoms with E-state index in [0.717, 1.165) is 6.54 Å².